The minimum absolute atomic E-state index is 0.0313. The molecule has 0 aliphatic heterocycles. The van der Waals surface area contributed by atoms with Crippen molar-refractivity contribution < 1.29 is 4.79 Å². The highest BCUT2D eigenvalue weighted by atomic mass is 32.1. The van der Waals surface area contributed by atoms with Gasteiger partial charge in [-0.25, -0.2) is 0 Å². The van der Waals surface area contributed by atoms with Gasteiger partial charge in [0.15, 0.2) is 0 Å². The number of benzene rings is 1. The first kappa shape index (κ1) is 15.9. The molecule has 1 saturated carbocycles. The number of rotatable bonds is 4. The number of tetrazole rings is 1. The minimum atomic E-state index is -0.0313. The average molecular weight is 354 g/mol. The number of hydrogen-bond donors (Lipinski definition) is 1. The van der Waals surface area contributed by atoms with Crippen LogP contribution in [0.25, 0.3) is 11.4 Å². The molecule has 2 aromatic heterocycles. The van der Waals surface area contributed by atoms with Crippen molar-refractivity contribution in [1.29, 1.82) is 0 Å². The molecule has 1 aliphatic rings. The normalized spacial score (nSPS) is 20.3. The van der Waals surface area contributed by atoms with Crippen LogP contribution in [0.5, 0.6) is 0 Å². The topological polar surface area (TPSA) is 85.6 Å². The number of hydrogen-bond acceptors (Lipinski definition) is 6. The summed E-state index contributed by atoms with van der Waals surface area (Å²) in [6.07, 6.45) is 5.29. The first-order valence-corrected chi connectivity index (χ1v) is 9.22. The van der Waals surface area contributed by atoms with Crippen molar-refractivity contribution in [3.05, 3.63) is 46.9 Å². The molecule has 1 amide bonds. The predicted molar refractivity (Wildman–Crippen MR) is 94.1 cm³/mol. The first-order chi connectivity index (χ1) is 12.3. The van der Waals surface area contributed by atoms with Gasteiger partial charge in [0.1, 0.15) is 4.88 Å². The number of aromatic nitrogens is 5. The zero-order valence-corrected chi connectivity index (χ0v) is 14.4. The fourth-order valence-electron chi connectivity index (χ4n) is 3.12. The number of carbonyl (C=O) groups is 1. The lowest BCUT2D eigenvalue weighted by molar-refractivity contribution is 0.0924. The third-order valence-electron chi connectivity index (χ3n) is 4.47. The molecule has 0 unspecified atom stereocenters. The fourth-order valence-corrected chi connectivity index (χ4v) is 3.64. The van der Waals surface area contributed by atoms with E-state index in [1.165, 1.54) is 11.3 Å². The van der Waals surface area contributed by atoms with E-state index in [9.17, 15) is 4.79 Å². The summed E-state index contributed by atoms with van der Waals surface area (Å²) in [6.45, 7) is 0. The Labute approximate surface area is 149 Å². The summed E-state index contributed by atoms with van der Waals surface area (Å²) in [4.78, 5) is 18.4. The quantitative estimate of drug-likeness (QED) is 0.778. The molecule has 8 heteroatoms. The van der Waals surface area contributed by atoms with Gasteiger partial charge in [0.25, 0.3) is 5.91 Å². The maximum atomic E-state index is 12.1. The van der Waals surface area contributed by atoms with E-state index < -0.39 is 0 Å². The average Bonchev–Trinajstić information content (AvgIpc) is 3.35. The molecule has 0 spiro atoms. The van der Waals surface area contributed by atoms with Gasteiger partial charge in [0, 0.05) is 11.6 Å². The van der Waals surface area contributed by atoms with Crippen molar-refractivity contribution in [2.75, 3.05) is 0 Å². The molecule has 1 aliphatic carbocycles. The fraction of sp³-hybridized carbons (Fsp3) is 0.353. The SMILES string of the molecule is O=C(NC1CCC(n2nnc(-c3ccccc3)n2)CC1)c1cncs1. The lowest BCUT2D eigenvalue weighted by atomic mass is 9.91. The van der Waals surface area contributed by atoms with Crippen molar-refractivity contribution in [3.63, 3.8) is 0 Å². The van der Waals surface area contributed by atoms with Crippen molar-refractivity contribution in [2.45, 2.75) is 37.8 Å². The summed E-state index contributed by atoms with van der Waals surface area (Å²) < 4.78 is 0. The van der Waals surface area contributed by atoms with Crippen LogP contribution in [0.4, 0.5) is 0 Å². The second-order valence-corrected chi connectivity index (χ2v) is 7.03. The van der Waals surface area contributed by atoms with Crippen LogP contribution in [-0.2, 0) is 0 Å². The van der Waals surface area contributed by atoms with Crippen molar-refractivity contribution >= 4 is 17.2 Å². The molecular weight excluding hydrogens is 336 g/mol. The molecule has 2 heterocycles. The van der Waals surface area contributed by atoms with E-state index in [-0.39, 0.29) is 18.0 Å². The Bertz CT molecular complexity index is 824. The highest BCUT2D eigenvalue weighted by Crippen LogP contribution is 2.28. The van der Waals surface area contributed by atoms with Gasteiger partial charge in [0.2, 0.25) is 5.82 Å². The van der Waals surface area contributed by atoms with Crippen LogP contribution in [0.15, 0.2) is 42.0 Å². The van der Waals surface area contributed by atoms with Crippen molar-refractivity contribution in [3.8, 4) is 11.4 Å². The Morgan fingerprint density at radius 1 is 1.16 bits per heavy atom. The Balaban J connectivity index is 1.34. The number of amides is 1. The van der Waals surface area contributed by atoms with Gasteiger partial charge in [-0.1, -0.05) is 30.3 Å². The molecule has 3 aromatic rings. The molecule has 1 fully saturated rings. The molecule has 0 radical (unpaired) electrons. The zero-order chi connectivity index (χ0) is 17.1. The van der Waals surface area contributed by atoms with Crippen molar-refractivity contribution in [2.24, 2.45) is 0 Å². The molecule has 0 saturated heterocycles. The van der Waals surface area contributed by atoms with E-state index in [4.69, 9.17) is 0 Å². The van der Waals surface area contributed by atoms with Crippen LogP contribution in [0.1, 0.15) is 41.4 Å². The Morgan fingerprint density at radius 2 is 1.96 bits per heavy atom. The van der Waals surface area contributed by atoms with Crippen LogP contribution in [0.3, 0.4) is 0 Å². The zero-order valence-electron chi connectivity index (χ0n) is 13.6. The lowest BCUT2D eigenvalue weighted by Gasteiger charge is -2.27. The van der Waals surface area contributed by atoms with Crippen LogP contribution in [0, 0.1) is 0 Å². The molecule has 4 rings (SSSR count). The summed E-state index contributed by atoms with van der Waals surface area (Å²) in [5.74, 6) is 0.623. The Hall–Kier alpha value is -2.61. The lowest BCUT2D eigenvalue weighted by Crippen LogP contribution is -2.38. The molecule has 0 atom stereocenters. The highest BCUT2D eigenvalue weighted by molar-refractivity contribution is 7.11. The maximum absolute atomic E-state index is 12.1. The van der Waals surface area contributed by atoms with Gasteiger partial charge in [-0.15, -0.1) is 21.5 Å². The molecule has 1 aromatic carbocycles. The minimum Gasteiger partial charge on any atom is -0.349 e. The standard InChI is InChI=1S/C17H18N6OS/c24-17(15-10-18-11-25-15)19-13-6-8-14(9-7-13)23-21-16(20-22-23)12-4-2-1-3-5-12/h1-5,10-11,13-14H,6-9H2,(H,19,24). The summed E-state index contributed by atoms with van der Waals surface area (Å²) in [5.41, 5.74) is 2.64. The van der Waals surface area contributed by atoms with E-state index in [2.05, 4.69) is 25.7 Å². The molecule has 0 bridgehead atoms. The second kappa shape index (κ2) is 7.10. The Morgan fingerprint density at radius 3 is 2.68 bits per heavy atom. The maximum Gasteiger partial charge on any atom is 0.263 e. The number of carbonyl (C=O) groups excluding carboxylic acids is 1. The monoisotopic (exact) mass is 354 g/mol. The van der Waals surface area contributed by atoms with Gasteiger partial charge in [-0.3, -0.25) is 9.78 Å². The molecule has 25 heavy (non-hydrogen) atoms. The predicted octanol–water partition coefficient (Wildman–Crippen LogP) is 2.71. The van der Waals surface area contributed by atoms with E-state index in [0.717, 1.165) is 31.2 Å². The first-order valence-electron chi connectivity index (χ1n) is 8.34. The van der Waals surface area contributed by atoms with Gasteiger partial charge < -0.3 is 5.32 Å². The second-order valence-electron chi connectivity index (χ2n) is 6.14. The summed E-state index contributed by atoms with van der Waals surface area (Å²) >= 11 is 1.36. The van der Waals surface area contributed by atoms with E-state index in [0.29, 0.717) is 10.7 Å². The van der Waals surface area contributed by atoms with Gasteiger partial charge in [-0.2, -0.15) is 4.80 Å². The van der Waals surface area contributed by atoms with E-state index in [1.807, 2.05) is 30.3 Å². The summed E-state index contributed by atoms with van der Waals surface area (Å²) in [5, 5.41) is 16.0. The number of thiazole rings is 1. The number of nitrogens with one attached hydrogen (secondary N) is 1. The summed E-state index contributed by atoms with van der Waals surface area (Å²) in [7, 11) is 0. The molecule has 128 valence electrons. The van der Waals surface area contributed by atoms with E-state index in [1.54, 1.807) is 16.5 Å². The summed E-state index contributed by atoms with van der Waals surface area (Å²) in [6, 6.07) is 10.3. The Kier molecular flexibility index (Phi) is 4.51. The smallest absolute Gasteiger partial charge is 0.263 e. The van der Waals surface area contributed by atoms with Gasteiger partial charge in [0.05, 0.1) is 17.7 Å². The molecule has 1 N–H and O–H groups in total. The third-order valence-corrected chi connectivity index (χ3v) is 5.25. The van der Waals surface area contributed by atoms with Crippen LogP contribution >= 0.6 is 11.3 Å². The largest absolute Gasteiger partial charge is 0.349 e. The molecular formula is C17H18N6OS. The van der Waals surface area contributed by atoms with Gasteiger partial charge >= 0.3 is 0 Å². The van der Waals surface area contributed by atoms with Crippen LogP contribution in [-0.4, -0.2) is 37.1 Å². The van der Waals surface area contributed by atoms with Crippen molar-refractivity contribution in [1.82, 2.24) is 30.5 Å². The number of nitrogens with zero attached hydrogens (tertiary/aromatic N) is 5. The van der Waals surface area contributed by atoms with Gasteiger partial charge in [-0.05, 0) is 30.9 Å². The van der Waals surface area contributed by atoms with E-state index >= 15 is 0 Å². The third kappa shape index (κ3) is 3.58. The molecule has 7 nitrogen and oxygen atoms in total. The van der Waals surface area contributed by atoms with Crippen LogP contribution in [0.2, 0.25) is 0 Å². The van der Waals surface area contributed by atoms with Crippen LogP contribution < -0.4 is 5.32 Å². The highest BCUT2D eigenvalue weighted by Gasteiger charge is 2.25.